The highest BCUT2D eigenvalue weighted by Crippen LogP contribution is 2.34. The summed E-state index contributed by atoms with van der Waals surface area (Å²) in [6.45, 7) is 3.46. The number of benzene rings is 1. The third-order valence-corrected chi connectivity index (χ3v) is 4.87. The summed E-state index contributed by atoms with van der Waals surface area (Å²) >= 11 is 6.22. The molecule has 0 bridgehead atoms. The maximum atomic E-state index is 13.0. The first-order valence-corrected chi connectivity index (χ1v) is 8.54. The minimum atomic E-state index is -0.618. The molecule has 2 amide bonds. The molecular weight excluding hydrogens is 344 g/mol. The number of likely N-dealkylation sites (tertiary alicyclic amines) is 1. The van der Waals surface area contributed by atoms with Gasteiger partial charge in [0.1, 0.15) is 10.7 Å². The van der Waals surface area contributed by atoms with Crippen molar-refractivity contribution in [3.05, 3.63) is 40.6 Å². The number of hydrogen-bond acceptors (Lipinski definition) is 5. The number of rotatable bonds is 3. The molecule has 1 aromatic carbocycles. The van der Waals surface area contributed by atoms with Crippen LogP contribution in [0.4, 0.5) is 5.69 Å². The summed E-state index contributed by atoms with van der Waals surface area (Å²) in [5.74, 6) is -1.31. The molecule has 0 aromatic heterocycles. The number of carbonyl (C=O) groups excluding carboxylic acids is 3. The molecule has 0 radical (unpaired) electrons. The van der Waals surface area contributed by atoms with E-state index in [0.29, 0.717) is 19.0 Å². The van der Waals surface area contributed by atoms with Gasteiger partial charge in [0.15, 0.2) is 0 Å². The van der Waals surface area contributed by atoms with Crippen molar-refractivity contribution in [2.45, 2.75) is 19.8 Å². The van der Waals surface area contributed by atoms with Crippen molar-refractivity contribution >= 4 is 35.1 Å². The van der Waals surface area contributed by atoms with Crippen LogP contribution in [-0.2, 0) is 14.3 Å². The maximum absolute atomic E-state index is 13.0. The molecule has 3 rings (SSSR count). The Labute approximate surface area is 151 Å². The third kappa shape index (κ3) is 3.02. The lowest BCUT2D eigenvalue weighted by Gasteiger charge is -2.33. The molecule has 1 saturated heterocycles. The van der Waals surface area contributed by atoms with Crippen molar-refractivity contribution in [3.8, 4) is 0 Å². The van der Waals surface area contributed by atoms with Crippen molar-refractivity contribution in [1.29, 1.82) is 0 Å². The summed E-state index contributed by atoms with van der Waals surface area (Å²) in [5.41, 5.74) is 0.546. The molecule has 7 heteroatoms. The molecule has 1 unspecified atom stereocenters. The smallest absolute Gasteiger partial charge is 0.339 e. The molecule has 6 nitrogen and oxygen atoms in total. The largest absolute Gasteiger partial charge is 0.465 e. The van der Waals surface area contributed by atoms with Gasteiger partial charge >= 0.3 is 5.97 Å². The van der Waals surface area contributed by atoms with Gasteiger partial charge in [0.25, 0.3) is 11.8 Å². The number of piperidine rings is 1. The minimum Gasteiger partial charge on any atom is -0.465 e. The average molecular weight is 363 g/mol. The van der Waals surface area contributed by atoms with Gasteiger partial charge in [-0.05, 0) is 30.9 Å². The highest BCUT2D eigenvalue weighted by molar-refractivity contribution is 6.52. The van der Waals surface area contributed by atoms with Crippen LogP contribution >= 0.6 is 11.6 Å². The predicted molar refractivity (Wildman–Crippen MR) is 93.1 cm³/mol. The molecule has 2 heterocycles. The Kier molecular flexibility index (Phi) is 4.81. The lowest BCUT2D eigenvalue weighted by atomic mass is 10.00. The Morgan fingerprint density at radius 1 is 1.24 bits per heavy atom. The summed E-state index contributed by atoms with van der Waals surface area (Å²) < 4.78 is 4.75. The first kappa shape index (κ1) is 17.5. The first-order chi connectivity index (χ1) is 12.0. The van der Waals surface area contributed by atoms with Crippen molar-refractivity contribution in [3.63, 3.8) is 0 Å². The number of halogens is 1. The fourth-order valence-corrected chi connectivity index (χ4v) is 3.61. The van der Waals surface area contributed by atoms with Gasteiger partial charge in [-0.15, -0.1) is 0 Å². The summed E-state index contributed by atoms with van der Waals surface area (Å²) in [7, 11) is 1.25. The zero-order valence-corrected chi connectivity index (χ0v) is 14.9. The number of hydrogen-bond donors (Lipinski definition) is 0. The van der Waals surface area contributed by atoms with E-state index < -0.39 is 17.8 Å². The van der Waals surface area contributed by atoms with Gasteiger partial charge in [0.2, 0.25) is 0 Å². The lowest BCUT2D eigenvalue weighted by Crippen LogP contribution is -2.39. The molecule has 1 fully saturated rings. The van der Waals surface area contributed by atoms with E-state index in [1.54, 1.807) is 12.1 Å². The van der Waals surface area contributed by atoms with Crippen molar-refractivity contribution in [1.82, 2.24) is 4.90 Å². The number of amides is 2. The predicted octanol–water partition coefficient (Wildman–Crippen LogP) is 2.53. The number of carbonyl (C=O) groups is 3. The molecule has 0 aliphatic carbocycles. The standard InChI is InChI=1S/C18H19ClN2O4/c1-11-6-5-9-20(10-11)15-14(19)16(22)21(17(15)23)13-8-4-3-7-12(13)18(24)25-2/h3-4,7-8,11H,5-6,9-10H2,1-2H3. The van der Waals surface area contributed by atoms with Gasteiger partial charge < -0.3 is 9.64 Å². The van der Waals surface area contributed by atoms with Gasteiger partial charge in [0.05, 0.1) is 18.4 Å². The van der Waals surface area contributed by atoms with Crippen LogP contribution in [-0.4, -0.2) is 42.9 Å². The number of imide groups is 1. The summed E-state index contributed by atoms with van der Waals surface area (Å²) in [6.07, 6.45) is 2.02. The second-order valence-electron chi connectivity index (χ2n) is 6.31. The Morgan fingerprint density at radius 2 is 1.96 bits per heavy atom. The van der Waals surface area contributed by atoms with E-state index in [-0.39, 0.29) is 22.0 Å². The third-order valence-electron chi connectivity index (χ3n) is 4.53. The summed E-state index contributed by atoms with van der Waals surface area (Å²) in [6, 6.07) is 6.34. The van der Waals surface area contributed by atoms with Gasteiger partial charge in [-0.1, -0.05) is 30.7 Å². The van der Waals surface area contributed by atoms with E-state index in [1.165, 1.54) is 19.2 Å². The second kappa shape index (κ2) is 6.88. The van der Waals surface area contributed by atoms with Gasteiger partial charge in [-0.3, -0.25) is 9.59 Å². The molecule has 2 aliphatic rings. The number of methoxy groups -OCH3 is 1. The highest BCUT2D eigenvalue weighted by Gasteiger charge is 2.43. The zero-order chi connectivity index (χ0) is 18.1. The fraction of sp³-hybridized carbons (Fsp3) is 0.389. The van der Waals surface area contributed by atoms with Crippen LogP contribution < -0.4 is 4.90 Å². The Hall–Kier alpha value is -2.34. The number of nitrogens with zero attached hydrogens (tertiary/aromatic N) is 2. The molecule has 132 valence electrons. The maximum Gasteiger partial charge on any atom is 0.339 e. The quantitative estimate of drug-likeness (QED) is 0.610. The number of para-hydroxylation sites is 1. The number of anilines is 1. The Bertz CT molecular complexity index is 774. The van der Waals surface area contributed by atoms with E-state index in [0.717, 1.165) is 17.7 Å². The fourth-order valence-electron chi connectivity index (χ4n) is 3.33. The van der Waals surface area contributed by atoms with Gasteiger partial charge in [0, 0.05) is 13.1 Å². The molecular formula is C18H19ClN2O4. The highest BCUT2D eigenvalue weighted by atomic mass is 35.5. The van der Waals surface area contributed by atoms with E-state index >= 15 is 0 Å². The van der Waals surface area contributed by atoms with Crippen LogP contribution in [0.5, 0.6) is 0 Å². The molecule has 0 saturated carbocycles. The number of ether oxygens (including phenoxy) is 1. The number of esters is 1. The summed E-state index contributed by atoms with van der Waals surface area (Å²) in [5, 5.41) is -0.0984. The first-order valence-electron chi connectivity index (χ1n) is 8.16. The van der Waals surface area contributed by atoms with E-state index in [2.05, 4.69) is 6.92 Å². The second-order valence-corrected chi connectivity index (χ2v) is 6.69. The van der Waals surface area contributed by atoms with Crippen molar-refractivity contribution in [2.75, 3.05) is 25.1 Å². The van der Waals surface area contributed by atoms with Crippen molar-refractivity contribution < 1.29 is 19.1 Å². The van der Waals surface area contributed by atoms with Crippen LogP contribution in [0.3, 0.4) is 0 Å². The molecule has 1 atom stereocenters. The van der Waals surface area contributed by atoms with Crippen LogP contribution in [0.25, 0.3) is 0 Å². The van der Waals surface area contributed by atoms with E-state index in [4.69, 9.17) is 16.3 Å². The monoisotopic (exact) mass is 362 g/mol. The summed E-state index contributed by atoms with van der Waals surface area (Å²) in [4.78, 5) is 40.4. The lowest BCUT2D eigenvalue weighted by molar-refractivity contribution is -0.121. The molecule has 0 N–H and O–H groups in total. The zero-order valence-electron chi connectivity index (χ0n) is 14.1. The van der Waals surface area contributed by atoms with Crippen LogP contribution in [0, 0.1) is 5.92 Å². The average Bonchev–Trinajstić information content (AvgIpc) is 2.83. The van der Waals surface area contributed by atoms with Gasteiger partial charge in [-0.2, -0.15) is 0 Å². The topological polar surface area (TPSA) is 66.9 Å². The Morgan fingerprint density at radius 3 is 2.64 bits per heavy atom. The van der Waals surface area contributed by atoms with E-state index in [1.807, 2.05) is 4.90 Å². The van der Waals surface area contributed by atoms with Crippen LogP contribution in [0.15, 0.2) is 35.0 Å². The van der Waals surface area contributed by atoms with E-state index in [9.17, 15) is 14.4 Å². The van der Waals surface area contributed by atoms with Crippen LogP contribution in [0.2, 0.25) is 0 Å². The van der Waals surface area contributed by atoms with Gasteiger partial charge in [-0.25, -0.2) is 9.69 Å². The molecule has 2 aliphatic heterocycles. The van der Waals surface area contributed by atoms with Crippen LogP contribution in [0.1, 0.15) is 30.1 Å². The minimum absolute atomic E-state index is 0.0984. The molecule has 0 spiro atoms. The molecule has 1 aromatic rings. The molecule has 25 heavy (non-hydrogen) atoms. The Balaban J connectivity index is 1.98. The SMILES string of the molecule is COC(=O)c1ccccc1N1C(=O)C(Cl)=C(N2CCCC(C)C2)C1=O. The normalized spacial score (nSPS) is 21.2. The van der Waals surface area contributed by atoms with Crippen molar-refractivity contribution in [2.24, 2.45) is 5.92 Å².